The molecule has 0 saturated carbocycles. The van der Waals surface area contributed by atoms with Crippen LogP contribution in [0.3, 0.4) is 0 Å². The topological polar surface area (TPSA) is 94.8 Å². The summed E-state index contributed by atoms with van der Waals surface area (Å²) >= 11 is 0. The van der Waals surface area contributed by atoms with Gasteiger partial charge in [-0.15, -0.1) is 0 Å². The first kappa shape index (κ1) is 24.3. The zero-order valence-corrected chi connectivity index (χ0v) is 18.8. The molecule has 0 aliphatic carbocycles. The van der Waals surface area contributed by atoms with Crippen LogP contribution in [0.25, 0.3) is 11.0 Å². The number of imidazole rings is 1. The Morgan fingerprint density at radius 3 is 2.46 bits per heavy atom. The number of carbonyl (C=O) groups excluding carboxylic acids is 2. The van der Waals surface area contributed by atoms with E-state index in [2.05, 4.69) is 5.32 Å². The van der Waals surface area contributed by atoms with Crippen LogP contribution in [0.1, 0.15) is 5.56 Å². The number of halogens is 3. The third-order valence-electron chi connectivity index (χ3n) is 5.65. The highest BCUT2D eigenvalue weighted by Gasteiger charge is 2.32. The van der Waals surface area contributed by atoms with Crippen LogP contribution >= 0.6 is 0 Å². The summed E-state index contributed by atoms with van der Waals surface area (Å²) < 4.78 is 52.6. The number of esters is 1. The predicted octanol–water partition coefficient (Wildman–Crippen LogP) is 2.38. The molecule has 1 aromatic heterocycles. The summed E-state index contributed by atoms with van der Waals surface area (Å²) in [6.45, 7) is 0.554. The predicted molar refractivity (Wildman–Crippen MR) is 121 cm³/mol. The van der Waals surface area contributed by atoms with Gasteiger partial charge in [0.15, 0.2) is 6.61 Å². The van der Waals surface area contributed by atoms with E-state index in [4.69, 9.17) is 9.47 Å². The molecule has 0 unspecified atom stereocenters. The number of carbonyl (C=O) groups is 2. The van der Waals surface area contributed by atoms with Crippen LogP contribution in [-0.2, 0) is 38.8 Å². The van der Waals surface area contributed by atoms with E-state index in [0.717, 1.165) is 12.1 Å². The molecule has 35 heavy (non-hydrogen) atoms. The van der Waals surface area contributed by atoms with Crippen LogP contribution < -0.4 is 15.9 Å². The molecule has 1 aliphatic rings. The molecule has 2 heterocycles. The second-order valence-corrected chi connectivity index (χ2v) is 7.95. The first-order valence-electron chi connectivity index (χ1n) is 10.8. The number of amides is 1. The van der Waals surface area contributed by atoms with Gasteiger partial charge in [-0.3, -0.25) is 18.7 Å². The number of aryl methyl sites for hydroxylation is 1. The second-order valence-electron chi connectivity index (χ2n) is 7.95. The smallest absolute Gasteiger partial charge is 0.416 e. The zero-order chi connectivity index (χ0) is 25.2. The molecule has 0 bridgehead atoms. The number of fused-ring (bicyclic) bond motifs is 1. The van der Waals surface area contributed by atoms with Crippen molar-refractivity contribution in [1.82, 2.24) is 9.13 Å². The normalized spacial score (nSPS) is 14.2. The minimum atomic E-state index is -4.60. The van der Waals surface area contributed by atoms with Crippen molar-refractivity contribution in [3.63, 3.8) is 0 Å². The van der Waals surface area contributed by atoms with Gasteiger partial charge < -0.3 is 19.7 Å². The molecule has 186 valence electrons. The molecular weight excluding hydrogens is 469 g/mol. The number of para-hydroxylation sites is 2. The van der Waals surface area contributed by atoms with Gasteiger partial charge >= 0.3 is 17.8 Å². The Morgan fingerprint density at radius 1 is 1.09 bits per heavy atom. The van der Waals surface area contributed by atoms with Crippen molar-refractivity contribution < 1.29 is 32.2 Å². The number of hydrogen-bond donors (Lipinski definition) is 1. The third kappa shape index (κ3) is 5.32. The SMILES string of the molecule is Cn1c(=O)n(CC(=O)OCC(=O)Nc2cc(C(F)(F)F)ccc2N2CCOCC2)c2ccccc21. The molecule has 12 heteroatoms. The Hall–Kier alpha value is -3.80. The van der Waals surface area contributed by atoms with Crippen LogP contribution in [0.2, 0.25) is 0 Å². The molecule has 3 aromatic rings. The number of rotatable bonds is 6. The van der Waals surface area contributed by atoms with Crippen LogP contribution in [0.5, 0.6) is 0 Å². The van der Waals surface area contributed by atoms with Gasteiger partial charge in [0.1, 0.15) is 6.54 Å². The molecule has 4 rings (SSSR count). The molecule has 0 radical (unpaired) electrons. The summed E-state index contributed by atoms with van der Waals surface area (Å²) in [6, 6.07) is 9.97. The van der Waals surface area contributed by atoms with Gasteiger partial charge in [0.2, 0.25) is 0 Å². The summed E-state index contributed by atoms with van der Waals surface area (Å²) in [4.78, 5) is 39.0. The maximum absolute atomic E-state index is 13.2. The average Bonchev–Trinajstić information content (AvgIpc) is 3.08. The van der Waals surface area contributed by atoms with Crippen molar-refractivity contribution in [2.75, 3.05) is 43.1 Å². The van der Waals surface area contributed by atoms with Gasteiger partial charge in [0, 0.05) is 20.1 Å². The number of ether oxygens (including phenoxy) is 2. The van der Waals surface area contributed by atoms with Gasteiger partial charge in [-0.2, -0.15) is 13.2 Å². The van der Waals surface area contributed by atoms with E-state index in [1.54, 1.807) is 36.2 Å². The maximum Gasteiger partial charge on any atom is 0.416 e. The van der Waals surface area contributed by atoms with Crippen LogP contribution in [0.15, 0.2) is 47.3 Å². The molecule has 0 spiro atoms. The monoisotopic (exact) mass is 492 g/mol. The molecule has 2 aromatic carbocycles. The zero-order valence-electron chi connectivity index (χ0n) is 18.8. The fourth-order valence-electron chi connectivity index (χ4n) is 3.92. The molecule has 1 amide bonds. The largest absolute Gasteiger partial charge is 0.454 e. The van der Waals surface area contributed by atoms with E-state index < -0.39 is 42.5 Å². The molecule has 0 atom stereocenters. The van der Waals surface area contributed by atoms with E-state index in [-0.39, 0.29) is 5.69 Å². The first-order valence-corrected chi connectivity index (χ1v) is 10.8. The number of anilines is 2. The minimum absolute atomic E-state index is 0.0481. The summed E-state index contributed by atoms with van der Waals surface area (Å²) in [6.07, 6.45) is -4.60. The Labute approximate surface area is 197 Å². The van der Waals surface area contributed by atoms with Crippen molar-refractivity contribution >= 4 is 34.3 Å². The van der Waals surface area contributed by atoms with Crippen molar-refractivity contribution in [2.24, 2.45) is 7.05 Å². The number of hydrogen-bond acceptors (Lipinski definition) is 6. The standard InChI is InChI=1S/C23H23F3N4O5/c1-28-18-4-2-3-5-19(18)30(22(28)33)13-21(32)35-14-20(31)27-16-12-15(23(24,25)26)6-7-17(16)29-8-10-34-11-9-29/h2-7,12H,8-11,13-14H2,1H3,(H,27,31). The summed E-state index contributed by atoms with van der Waals surface area (Å²) in [5.74, 6) is -1.64. The van der Waals surface area contributed by atoms with Crippen molar-refractivity contribution in [3.8, 4) is 0 Å². The first-order chi connectivity index (χ1) is 16.6. The Bertz CT molecular complexity index is 1310. The molecule has 1 fully saturated rings. The molecule has 1 saturated heterocycles. The van der Waals surface area contributed by atoms with Gasteiger partial charge in [-0.25, -0.2) is 4.79 Å². The van der Waals surface area contributed by atoms with Gasteiger partial charge in [-0.05, 0) is 30.3 Å². The number of aromatic nitrogens is 2. The fourth-order valence-corrected chi connectivity index (χ4v) is 3.92. The quantitative estimate of drug-likeness (QED) is 0.531. The minimum Gasteiger partial charge on any atom is -0.454 e. The summed E-state index contributed by atoms with van der Waals surface area (Å²) in [5.41, 5.74) is 0.170. The average molecular weight is 492 g/mol. The van der Waals surface area contributed by atoms with E-state index >= 15 is 0 Å². The number of nitrogens with one attached hydrogen (secondary N) is 1. The second kappa shape index (κ2) is 9.82. The Kier molecular flexibility index (Phi) is 6.83. The maximum atomic E-state index is 13.2. The van der Waals surface area contributed by atoms with Gasteiger partial charge in [-0.1, -0.05) is 12.1 Å². The van der Waals surface area contributed by atoms with E-state index in [1.165, 1.54) is 15.2 Å². The molecular formula is C23H23F3N4O5. The van der Waals surface area contributed by atoms with E-state index in [9.17, 15) is 27.6 Å². The number of alkyl halides is 3. The number of morpholine rings is 1. The van der Waals surface area contributed by atoms with Crippen molar-refractivity contribution in [2.45, 2.75) is 12.7 Å². The van der Waals surface area contributed by atoms with Crippen LogP contribution in [0.4, 0.5) is 24.5 Å². The Morgan fingerprint density at radius 2 is 1.77 bits per heavy atom. The lowest BCUT2D eigenvalue weighted by Gasteiger charge is -2.31. The summed E-state index contributed by atoms with van der Waals surface area (Å²) in [5, 5.41) is 2.41. The van der Waals surface area contributed by atoms with Gasteiger partial charge in [0.25, 0.3) is 5.91 Å². The molecule has 1 N–H and O–H groups in total. The third-order valence-corrected chi connectivity index (χ3v) is 5.65. The van der Waals surface area contributed by atoms with Crippen LogP contribution in [0, 0.1) is 0 Å². The highest BCUT2D eigenvalue weighted by molar-refractivity contribution is 5.96. The van der Waals surface area contributed by atoms with Crippen molar-refractivity contribution in [1.29, 1.82) is 0 Å². The molecule has 1 aliphatic heterocycles. The van der Waals surface area contributed by atoms with Crippen LogP contribution in [-0.4, -0.2) is 53.9 Å². The van der Waals surface area contributed by atoms with E-state index in [0.29, 0.717) is 43.0 Å². The highest BCUT2D eigenvalue weighted by atomic mass is 19.4. The number of nitrogens with zero attached hydrogens (tertiary/aromatic N) is 3. The lowest BCUT2D eigenvalue weighted by atomic mass is 10.1. The number of benzene rings is 2. The summed E-state index contributed by atoms with van der Waals surface area (Å²) in [7, 11) is 1.57. The van der Waals surface area contributed by atoms with Crippen molar-refractivity contribution in [3.05, 3.63) is 58.5 Å². The lowest BCUT2D eigenvalue weighted by molar-refractivity contribution is -0.147. The highest BCUT2D eigenvalue weighted by Crippen LogP contribution is 2.35. The fraction of sp³-hybridized carbons (Fsp3) is 0.348. The Balaban J connectivity index is 1.45. The van der Waals surface area contributed by atoms with E-state index in [1.807, 2.05) is 0 Å². The van der Waals surface area contributed by atoms with Gasteiger partial charge in [0.05, 0.1) is 41.2 Å². The molecule has 9 nitrogen and oxygen atoms in total. The lowest BCUT2D eigenvalue weighted by Crippen LogP contribution is -2.37.